The van der Waals surface area contributed by atoms with Gasteiger partial charge in [0.1, 0.15) is 0 Å². The van der Waals surface area contributed by atoms with Gasteiger partial charge in [-0.15, -0.1) is 0 Å². The van der Waals surface area contributed by atoms with Gasteiger partial charge < -0.3 is 20.1 Å². The molecule has 0 radical (unpaired) electrons. The predicted molar refractivity (Wildman–Crippen MR) is 71.5 cm³/mol. The molecule has 0 aliphatic heterocycles. The van der Waals surface area contributed by atoms with Crippen LogP contribution < -0.4 is 15.4 Å². The van der Waals surface area contributed by atoms with Gasteiger partial charge in [0.2, 0.25) is 5.88 Å². The minimum Gasteiger partial charge on any atom is -0.481 e. The molecule has 0 bridgehead atoms. The molecule has 0 saturated heterocycles. The van der Waals surface area contributed by atoms with Crippen LogP contribution in [-0.4, -0.2) is 37.5 Å². The maximum absolute atomic E-state index is 5.12. The zero-order chi connectivity index (χ0) is 12.5. The molecule has 0 aromatic carbocycles. The summed E-state index contributed by atoms with van der Waals surface area (Å²) < 4.78 is 9.90. The highest BCUT2D eigenvalue weighted by atomic mass is 32.1. The molecule has 0 aliphatic rings. The number of methoxy groups -OCH3 is 2. The van der Waals surface area contributed by atoms with Crippen molar-refractivity contribution in [2.75, 3.05) is 32.7 Å². The number of hydrogen-bond acceptors (Lipinski definition) is 4. The van der Waals surface area contributed by atoms with Crippen LogP contribution in [0.25, 0.3) is 0 Å². The van der Waals surface area contributed by atoms with E-state index in [0.717, 1.165) is 25.3 Å². The normalized spacial score (nSPS) is 9.76. The zero-order valence-electron chi connectivity index (χ0n) is 10.0. The molecule has 1 aromatic rings. The van der Waals surface area contributed by atoms with Crippen molar-refractivity contribution in [1.29, 1.82) is 0 Å². The van der Waals surface area contributed by atoms with Crippen molar-refractivity contribution in [3.8, 4) is 5.88 Å². The number of thiocarbonyl (C=S) groups is 1. The van der Waals surface area contributed by atoms with Crippen molar-refractivity contribution >= 4 is 23.0 Å². The average molecular weight is 255 g/mol. The molecule has 0 fully saturated rings. The summed E-state index contributed by atoms with van der Waals surface area (Å²) in [5, 5.41) is 6.68. The van der Waals surface area contributed by atoms with Crippen LogP contribution in [0.1, 0.15) is 6.42 Å². The van der Waals surface area contributed by atoms with Crippen LogP contribution in [0.15, 0.2) is 18.3 Å². The van der Waals surface area contributed by atoms with E-state index in [0.29, 0.717) is 11.0 Å². The number of ether oxygens (including phenoxy) is 2. The Labute approximate surface area is 107 Å². The number of pyridine rings is 1. The van der Waals surface area contributed by atoms with E-state index in [2.05, 4.69) is 15.6 Å². The van der Waals surface area contributed by atoms with Crippen LogP contribution in [0.3, 0.4) is 0 Å². The summed E-state index contributed by atoms with van der Waals surface area (Å²) in [6, 6.07) is 3.63. The monoisotopic (exact) mass is 255 g/mol. The smallest absolute Gasteiger partial charge is 0.213 e. The summed E-state index contributed by atoms with van der Waals surface area (Å²) in [7, 11) is 3.26. The quantitative estimate of drug-likeness (QED) is 0.592. The fourth-order valence-corrected chi connectivity index (χ4v) is 1.39. The molecule has 1 rings (SSSR count). The first-order valence-electron chi connectivity index (χ1n) is 5.30. The van der Waals surface area contributed by atoms with Crippen molar-refractivity contribution in [2.45, 2.75) is 6.42 Å². The van der Waals surface area contributed by atoms with Crippen molar-refractivity contribution in [2.24, 2.45) is 0 Å². The van der Waals surface area contributed by atoms with Gasteiger partial charge in [0.05, 0.1) is 19.0 Å². The van der Waals surface area contributed by atoms with E-state index in [-0.39, 0.29) is 0 Å². The van der Waals surface area contributed by atoms with Gasteiger partial charge in [-0.25, -0.2) is 4.98 Å². The lowest BCUT2D eigenvalue weighted by Gasteiger charge is -2.10. The molecule has 6 heteroatoms. The predicted octanol–water partition coefficient (Wildman–Crippen LogP) is 1.41. The highest BCUT2D eigenvalue weighted by Gasteiger charge is 1.98. The second kappa shape index (κ2) is 7.81. The number of aromatic nitrogens is 1. The van der Waals surface area contributed by atoms with Crippen molar-refractivity contribution in [3.63, 3.8) is 0 Å². The van der Waals surface area contributed by atoms with E-state index in [9.17, 15) is 0 Å². The lowest BCUT2D eigenvalue weighted by Crippen LogP contribution is -2.29. The Balaban J connectivity index is 2.29. The molecule has 0 saturated carbocycles. The molecule has 2 N–H and O–H groups in total. The summed E-state index contributed by atoms with van der Waals surface area (Å²) in [6.45, 7) is 1.50. The van der Waals surface area contributed by atoms with E-state index in [1.54, 1.807) is 26.5 Å². The summed E-state index contributed by atoms with van der Waals surface area (Å²) >= 11 is 5.12. The van der Waals surface area contributed by atoms with E-state index >= 15 is 0 Å². The lowest BCUT2D eigenvalue weighted by molar-refractivity contribution is 0.196. The van der Waals surface area contributed by atoms with Gasteiger partial charge in [0.15, 0.2) is 5.11 Å². The number of nitrogens with one attached hydrogen (secondary N) is 2. The fourth-order valence-electron chi connectivity index (χ4n) is 1.17. The van der Waals surface area contributed by atoms with E-state index in [1.807, 2.05) is 6.07 Å². The molecular weight excluding hydrogens is 238 g/mol. The van der Waals surface area contributed by atoms with Gasteiger partial charge in [-0.3, -0.25) is 0 Å². The Hall–Kier alpha value is -1.40. The first kappa shape index (κ1) is 13.7. The first-order chi connectivity index (χ1) is 8.26. The minimum absolute atomic E-state index is 0.577. The summed E-state index contributed by atoms with van der Waals surface area (Å²) in [6.07, 6.45) is 2.58. The van der Waals surface area contributed by atoms with Gasteiger partial charge in [-0.05, 0) is 24.7 Å². The van der Waals surface area contributed by atoms with Crippen molar-refractivity contribution in [3.05, 3.63) is 18.3 Å². The standard InChI is InChI=1S/C11H17N3O2S/c1-15-7-3-6-12-11(17)14-9-4-5-10(16-2)13-8-9/h4-5,8H,3,6-7H2,1-2H3,(H2,12,14,17). The second-order valence-corrected chi connectivity index (χ2v) is 3.72. The van der Waals surface area contributed by atoms with Crippen LogP contribution in [0.2, 0.25) is 0 Å². The molecule has 1 heterocycles. The lowest BCUT2D eigenvalue weighted by atomic mass is 10.4. The van der Waals surface area contributed by atoms with Gasteiger partial charge >= 0.3 is 0 Å². The molecule has 0 aliphatic carbocycles. The summed E-state index contributed by atoms with van der Waals surface area (Å²) in [4.78, 5) is 4.07. The number of hydrogen-bond donors (Lipinski definition) is 2. The average Bonchev–Trinajstić information content (AvgIpc) is 2.36. The Bertz CT molecular complexity index is 343. The largest absolute Gasteiger partial charge is 0.481 e. The Morgan fingerprint density at radius 3 is 2.82 bits per heavy atom. The highest BCUT2D eigenvalue weighted by molar-refractivity contribution is 7.80. The van der Waals surface area contributed by atoms with Crippen LogP contribution in [0.5, 0.6) is 5.88 Å². The molecule has 17 heavy (non-hydrogen) atoms. The molecule has 0 atom stereocenters. The first-order valence-corrected chi connectivity index (χ1v) is 5.71. The van der Waals surface area contributed by atoms with E-state index in [4.69, 9.17) is 21.7 Å². The number of nitrogens with zero attached hydrogens (tertiary/aromatic N) is 1. The number of rotatable bonds is 6. The highest BCUT2D eigenvalue weighted by Crippen LogP contribution is 2.10. The molecular formula is C11H17N3O2S. The SMILES string of the molecule is COCCCNC(=S)Nc1ccc(OC)nc1. The summed E-state index contributed by atoms with van der Waals surface area (Å²) in [5.74, 6) is 0.578. The third-order valence-corrected chi connectivity index (χ3v) is 2.26. The number of anilines is 1. The third-order valence-electron chi connectivity index (χ3n) is 2.01. The molecule has 0 unspecified atom stereocenters. The molecule has 0 spiro atoms. The van der Waals surface area contributed by atoms with Gasteiger partial charge in [0.25, 0.3) is 0 Å². The maximum Gasteiger partial charge on any atom is 0.213 e. The molecule has 94 valence electrons. The molecule has 1 aromatic heterocycles. The van der Waals surface area contributed by atoms with Gasteiger partial charge in [0, 0.05) is 26.3 Å². The fraction of sp³-hybridized carbons (Fsp3) is 0.455. The molecule has 5 nitrogen and oxygen atoms in total. The van der Waals surface area contributed by atoms with Crippen LogP contribution in [-0.2, 0) is 4.74 Å². The molecule has 0 amide bonds. The Kier molecular flexibility index (Phi) is 6.27. The Morgan fingerprint density at radius 1 is 1.41 bits per heavy atom. The zero-order valence-corrected chi connectivity index (χ0v) is 10.8. The van der Waals surface area contributed by atoms with E-state index < -0.39 is 0 Å². The third kappa shape index (κ3) is 5.46. The topological polar surface area (TPSA) is 55.4 Å². The van der Waals surface area contributed by atoms with Crippen LogP contribution >= 0.6 is 12.2 Å². The maximum atomic E-state index is 5.12. The van der Waals surface area contributed by atoms with Crippen molar-refractivity contribution < 1.29 is 9.47 Å². The van der Waals surface area contributed by atoms with Gasteiger partial charge in [-0.2, -0.15) is 0 Å². The Morgan fingerprint density at radius 2 is 2.24 bits per heavy atom. The summed E-state index contributed by atoms with van der Waals surface area (Å²) in [5.41, 5.74) is 0.829. The minimum atomic E-state index is 0.577. The van der Waals surface area contributed by atoms with Crippen LogP contribution in [0, 0.1) is 0 Å². The second-order valence-electron chi connectivity index (χ2n) is 3.32. The van der Waals surface area contributed by atoms with Gasteiger partial charge in [-0.1, -0.05) is 0 Å². The van der Waals surface area contributed by atoms with Crippen molar-refractivity contribution in [1.82, 2.24) is 10.3 Å². The van der Waals surface area contributed by atoms with E-state index in [1.165, 1.54) is 0 Å². The van der Waals surface area contributed by atoms with Crippen LogP contribution in [0.4, 0.5) is 5.69 Å².